The number of likely N-dealkylation sites (tertiary alicyclic amines) is 1. The van der Waals surface area contributed by atoms with E-state index in [2.05, 4.69) is 24.3 Å². The summed E-state index contributed by atoms with van der Waals surface area (Å²) in [6.45, 7) is 1.50. The number of piperidine rings is 1. The molecule has 1 atom stereocenters. The zero-order valence-electron chi connectivity index (χ0n) is 18.8. The lowest BCUT2D eigenvalue weighted by Gasteiger charge is -2.40. The first-order valence-electron chi connectivity index (χ1n) is 11.2. The van der Waals surface area contributed by atoms with Crippen LogP contribution in [0.4, 0.5) is 0 Å². The molecule has 0 aliphatic carbocycles. The van der Waals surface area contributed by atoms with Crippen LogP contribution >= 0.6 is 11.3 Å². The van der Waals surface area contributed by atoms with Crippen molar-refractivity contribution < 1.29 is 9.59 Å². The highest BCUT2D eigenvalue weighted by Crippen LogP contribution is 2.28. The first-order chi connectivity index (χ1) is 15.5. The Balaban J connectivity index is 1.43. The standard InChI is InChI=1S/C26H31N3O2S/c1-27-12-8-21(18-27)17-25(30)29-13-9-22(10-14-29)24(16-20-6-4-3-5-7-20)28(2)26(31)23-11-15-32-19-23/h3-8,11-12,15,18-19,22,24H,9-10,13-14,16-17H2,1-2H3. The number of likely N-dealkylation sites (N-methyl/N-ethyl adjacent to an activating group) is 1. The Bertz CT molecular complexity index is 1020. The van der Waals surface area contributed by atoms with Crippen molar-refractivity contribution in [2.45, 2.75) is 31.7 Å². The van der Waals surface area contributed by atoms with E-state index in [1.54, 1.807) is 11.3 Å². The van der Waals surface area contributed by atoms with Crippen LogP contribution in [0.2, 0.25) is 0 Å². The van der Waals surface area contributed by atoms with Crippen molar-refractivity contribution in [3.05, 3.63) is 82.3 Å². The maximum atomic E-state index is 13.1. The molecule has 1 fully saturated rings. The van der Waals surface area contributed by atoms with E-state index in [4.69, 9.17) is 0 Å². The van der Waals surface area contributed by atoms with Crippen molar-refractivity contribution in [1.82, 2.24) is 14.4 Å². The van der Waals surface area contributed by atoms with E-state index >= 15 is 0 Å². The molecule has 2 aromatic heterocycles. The number of rotatable bonds is 7. The maximum absolute atomic E-state index is 13.1. The molecule has 1 unspecified atom stereocenters. The van der Waals surface area contributed by atoms with Crippen molar-refractivity contribution >= 4 is 23.2 Å². The summed E-state index contributed by atoms with van der Waals surface area (Å²) in [4.78, 5) is 29.8. The Morgan fingerprint density at radius 1 is 1.09 bits per heavy atom. The Kier molecular flexibility index (Phi) is 7.10. The third-order valence-electron chi connectivity index (χ3n) is 6.56. The van der Waals surface area contributed by atoms with Gasteiger partial charge in [0, 0.05) is 51.0 Å². The number of benzene rings is 1. The van der Waals surface area contributed by atoms with Gasteiger partial charge in [-0.05, 0) is 53.8 Å². The van der Waals surface area contributed by atoms with Crippen LogP contribution < -0.4 is 0 Å². The normalized spacial score (nSPS) is 15.5. The van der Waals surface area contributed by atoms with E-state index in [0.29, 0.717) is 12.3 Å². The fraction of sp³-hybridized carbons (Fsp3) is 0.385. The molecule has 32 heavy (non-hydrogen) atoms. The second-order valence-corrected chi connectivity index (χ2v) is 9.55. The number of amides is 2. The molecule has 0 spiro atoms. The molecule has 0 saturated carbocycles. The van der Waals surface area contributed by atoms with E-state index in [1.807, 2.05) is 69.8 Å². The molecule has 0 N–H and O–H groups in total. The summed E-state index contributed by atoms with van der Waals surface area (Å²) in [7, 11) is 3.90. The van der Waals surface area contributed by atoms with Gasteiger partial charge in [-0.2, -0.15) is 11.3 Å². The quantitative estimate of drug-likeness (QED) is 0.541. The van der Waals surface area contributed by atoms with Crippen molar-refractivity contribution in [1.29, 1.82) is 0 Å². The molecule has 5 nitrogen and oxygen atoms in total. The predicted molar refractivity (Wildman–Crippen MR) is 129 cm³/mol. The molecule has 168 valence electrons. The van der Waals surface area contributed by atoms with Gasteiger partial charge in [-0.25, -0.2) is 0 Å². The Morgan fingerprint density at radius 2 is 1.84 bits per heavy atom. The first-order valence-corrected chi connectivity index (χ1v) is 12.2. The van der Waals surface area contributed by atoms with E-state index in [0.717, 1.165) is 43.5 Å². The molecule has 1 saturated heterocycles. The van der Waals surface area contributed by atoms with Crippen molar-refractivity contribution in [3.8, 4) is 0 Å². The van der Waals surface area contributed by atoms with Gasteiger partial charge in [0.25, 0.3) is 5.91 Å². The molecular formula is C26H31N3O2S. The van der Waals surface area contributed by atoms with Crippen molar-refractivity contribution in [2.75, 3.05) is 20.1 Å². The Morgan fingerprint density at radius 3 is 2.47 bits per heavy atom. The lowest BCUT2D eigenvalue weighted by molar-refractivity contribution is -0.132. The molecule has 1 aliphatic heterocycles. The minimum Gasteiger partial charge on any atom is -0.357 e. The number of aryl methyl sites for hydroxylation is 1. The largest absolute Gasteiger partial charge is 0.357 e. The summed E-state index contributed by atoms with van der Waals surface area (Å²) in [5, 5.41) is 3.87. The second-order valence-electron chi connectivity index (χ2n) is 8.77. The molecule has 2 amide bonds. The lowest BCUT2D eigenvalue weighted by atomic mass is 9.84. The summed E-state index contributed by atoms with van der Waals surface area (Å²) >= 11 is 1.55. The highest BCUT2D eigenvalue weighted by atomic mass is 32.1. The maximum Gasteiger partial charge on any atom is 0.254 e. The molecule has 0 bridgehead atoms. The zero-order valence-corrected chi connectivity index (χ0v) is 19.6. The smallest absolute Gasteiger partial charge is 0.254 e. The third kappa shape index (κ3) is 5.30. The highest BCUT2D eigenvalue weighted by molar-refractivity contribution is 7.08. The van der Waals surface area contributed by atoms with E-state index in [1.165, 1.54) is 5.56 Å². The first kappa shape index (κ1) is 22.3. The van der Waals surface area contributed by atoms with Crippen LogP contribution in [-0.4, -0.2) is 52.4 Å². The third-order valence-corrected chi connectivity index (χ3v) is 7.24. The Hall–Kier alpha value is -2.86. The van der Waals surface area contributed by atoms with Crippen LogP contribution in [-0.2, 0) is 24.7 Å². The average Bonchev–Trinajstić information content (AvgIpc) is 3.49. The highest BCUT2D eigenvalue weighted by Gasteiger charge is 2.33. The SMILES string of the molecule is CN(C(=O)c1ccsc1)C(Cc1ccccc1)C1CCN(C(=O)Cc2ccn(C)c2)CC1. The number of nitrogens with zero attached hydrogens (tertiary/aromatic N) is 3. The number of thiophene rings is 1. The minimum absolute atomic E-state index is 0.0785. The van der Waals surface area contributed by atoms with Gasteiger partial charge in [0.15, 0.2) is 0 Å². The van der Waals surface area contributed by atoms with Crippen LogP contribution in [0, 0.1) is 5.92 Å². The van der Waals surface area contributed by atoms with Gasteiger partial charge in [0.1, 0.15) is 0 Å². The van der Waals surface area contributed by atoms with Gasteiger partial charge in [0.2, 0.25) is 5.91 Å². The van der Waals surface area contributed by atoms with Crippen LogP contribution in [0.5, 0.6) is 0 Å². The molecule has 6 heteroatoms. The number of hydrogen-bond acceptors (Lipinski definition) is 3. The van der Waals surface area contributed by atoms with Crippen LogP contribution in [0.15, 0.2) is 65.6 Å². The Labute approximate surface area is 194 Å². The van der Waals surface area contributed by atoms with Crippen molar-refractivity contribution in [3.63, 3.8) is 0 Å². The molecule has 4 rings (SSSR count). The van der Waals surface area contributed by atoms with Gasteiger partial charge in [0.05, 0.1) is 12.0 Å². The number of aromatic nitrogens is 1. The topological polar surface area (TPSA) is 45.6 Å². The summed E-state index contributed by atoms with van der Waals surface area (Å²) in [6.07, 6.45) is 7.10. The van der Waals surface area contributed by atoms with E-state index in [9.17, 15) is 9.59 Å². The lowest BCUT2D eigenvalue weighted by Crippen LogP contribution is -2.48. The predicted octanol–water partition coefficient (Wildman–Crippen LogP) is 4.25. The molecule has 3 heterocycles. The fourth-order valence-corrected chi connectivity index (χ4v) is 5.33. The number of carbonyl (C=O) groups is 2. The van der Waals surface area contributed by atoms with Gasteiger partial charge < -0.3 is 14.4 Å². The monoisotopic (exact) mass is 449 g/mol. The average molecular weight is 450 g/mol. The molecular weight excluding hydrogens is 418 g/mol. The fourth-order valence-electron chi connectivity index (χ4n) is 4.70. The van der Waals surface area contributed by atoms with Gasteiger partial charge in [-0.3, -0.25) is 9.59 Å². The molecule has 0 radical (unpaired) electrons. The van der Waals surface area contributed by atoms with Crippen LogP contribution in [0.25, 0.3) is 0 Å². The summed E-state index contributed by atoms with van der Waals surface area (Å²) in [6, 6.07) is 14.4. The van der Waals surface area contributed by atoms with E-state index in [-0.39, 0.29) is 17.9 Å². The molecule has 3 aromatic rings. The number of carbonyl (C=O) groups excluding carboxylic acids is 2. The minimum atomic E-state index is 0.0785. The summed E-state index contributed by atoms with van der Waals surface area (Å²) in [5.41, 5.74) is 3.05. The number of hydrogen-bond donors (Lipinski definition) is 0. The van der Waals surface area contributed by atoms with Gasteiger partial charge in [-0.15, -0.1) is 0 Å². The zero-order chi connectivity index (χ0) is 22.5. The second kappa shape index (κ2) is 10.2. The van der Waals surface area contributed by atoms with Gasteiger partial charge >= 0.3 is 0 Å². The molecule has 1 aromatic carbocycles. The van der Waals surface area contributed by atoms with Gasteiger partial charge in [-0.1, -0.05) is 30.3 Å². The van der Waals surface area contributed by atoms with E-state index < -0.39 is 0 Å². The van der Waals surface area contributed by atoms with Crippen LogP contribution in [0.3, 0.4) is 0 Å². The molecule has 1 aliphatic rings. The van der Waals surface area contributed by atoms with Crippen molar-refractivity contribution in [2.24, 2.45) is 13.0 Å². The summed E-state index contributed by atoms with van der Waals surface area (Å²) in [5.74, 6) is 0.635. The van der Waals surface area contributed by atoms with Crippen LogP contribution in [0.1, 0.15) is 34.3 Å². The summed E-state index contributed by atoms with van der Waals surface area (Å²) < 4.78 is 1.98.